The molecular formula is C13H18N2O3S. The maximum Gasteiger partial charge on any atom is 0.285 e. The van der Waals surface area contributed by atoms with Gasteiger partial charge in [0.1, 0.15) is 4.90 Å². The number of hydrogen-bond acceptors (Lipinski definition) is 4. The van der Waals surface area contributed by atoms with Gasteiger partial charge in [0.2, 0.25) is 0 Å². The van der Waals surface area contributed by atoms with Gasteiger partial charge in [-0.25, -0.2) is 0 Å². The Morgan fingerprint density at radius 1 is 1.21 bits per heavy atom. The SMILES string of the molecule is NC1CCCCCC1S(=O)c1ccccc1[N+](=O)[O-]. The van der Waals surface area contributed by atoms with Crippen molar-refractivity contribution in [2.45, 2.75) is 48.3 Å². The molecule has 1 fully saturated rings. The lowest BCUT2D eigenvalue weighted by Crippen LogP contribution is -2.37. The maximum absolute atomic E-state index is 12.6. The van der Waals surface area contributed by atoms with Gasteiger partial charge in [0.05, 0.1) is 21.0 Å². The van der Waals surface area contributed by atoms with E-state index in [1.54, 1.807) is 18.2 Å². The first-order chi connectivity index (χ1) is 9.11. The molecule has 1 aromatic rings. The Labute approximate surface area is 114 Å². The third-order valence-corrected chi connectivity index (χ3v) is 5.47. The molecular weight excluding hydrogens is 264 g/mol. The standard InChI is InChI=1S/C13H18N2O3S/c14-10-6-2-1-3-8-12(10)19(18)13-9-5-4-7-11(13)15(16)17/h4-5,7,9-10,12H,1-3,6,8,14H2. The van der Waals surface area contributed by atoms with E-state index in [2.05, 4.69) is 0 Å². The number of benzene rings is 1. The quantitative estimate of drug-likeness (QED) is 0.524. The number of hydrogen-bond donors (Lipinski definition) is 1. The zero-order valence-electron chi connectivity index (χ0n) is 10.7. The van der Waals surface area contributed by atoms with Gasteiger partial charge in [0, 0.05) is 12.1 Å². The molecule has 19 heavy (non-hydrogen) atoms. The Kier molecular flexibility index (Phi) is 4.66. The molecule has 0 heterocycles. The molecule has 0 spiro atoms. The molecule has 2 rings (SSSR count). The van der Waals surface area contributed by atoms with Crippen molar-refractivity contribution in [3.63, 3.8) is 0 Å². The molecule has 2 N–H and O–H groups in total. The highest BCUT2D eigenvalue weighted by Crippen LogP contribution is 2.29. The lowest BCUT2D eigenvalue weighted by Gasteiger charge is -2.20. The molecule has 1 aromatic carbocycles. The summed E-state index contributed by atoms with van der Waals surface area (Å²) in [5, 5.41) is 10.8. The first-order valence-corrected chi connectivity index (χ1v) is 7.72. The van der Waals surface area contributed by atoms with Crippen molar-refractivity contribution in [1.29, 1.82) is 0 Å². The highest BCUT2D eigenvalue weighted by Gasteiger charge is 2.30. The van der Waals surface area contributed by atoms with E-state index in [0.29, 0.717) is 4.90 Å². The van der Waals surface area contributed by atoms with E-state index in [1.165, 1.54) is 6.07 Å². The van der Waals surface area contributed by atoms with Crippen molar-refractivity contribution in [1.82, 2.24) is 0 Å². The summed E-state index contributed by atoms with van der Waals surface area (Å²) in [6, 6.07) is 6.11. The topological polar surface area (TPSA) is 86.2 Å². The van der Waals surface area contributed by atoms with Crippen molar-refractivity contribution >= 4 is 16.5 Å². The van der Waals surface area contributed by atoms with Crippen molar-refractivity contribution in [2.24, 2.45) is 5.73 Å². The van der Waals surface area contributed by atoms with Gasteiger partial charge in [-0.05, 0) is 18.9 Å². The summed E-state index contributed by atoms with van der Waals surface area (Å²) < 4.78 is 12.6. The van der Waals surface area contributed by atoms with Crippen LogP contribution >= 0.6 is 0 Å². The second-order valence-electron chi connectivity index (χ2n) is 4.86. The fraction of sp³-hybridized carbons (Fsp3) is 0.538. The third-order valence-electron chi connectivity index (χ3n) is 3.56. The van der Waals surface area contributed by atoms with Crippen LogP contribution in [0.15, 0.2) is 29.2 Å². The minimum absolute atomic E-state index is 0.0720. The van der Waals surface area contributed by atoms with Crippen LogP contribution in [0, 0.1) is 10.1 Å². The van der Waals surface area contributed by atoms with E-state index in [9.17, 15) is 14.3 Å². The highest BCUT2D eigenvalue weighted by molar-refractivity contribution is 7.86. The minimum atomic E-state index is -1.41. The largest absolute Gasteiger partial charge is 0.327 e. The number of nitro benzene ring substituents is 1. The van der Waals surface area contributed by atoms with E-state index < -0.39 is 15.7 Å². The van der Waals surface area contributed by atoms with Crippen LogP contribution in [0.3, 0.4) is 0 Å². The van der Waals surface area contributed by atoms with Gasteiger partial charge in [0.15, 0.2) is 0 Å². The van der Waals surface area contributed by atoms with Crippen LogP contribution in [0.25, 0.3) is 0 Å². The van der Waals surface area contributed by atoms with Crippen molar-refractivity contribution < 1.29 is 9.13 Å². The number of nitrogens with zero attached hydrogens (tertiary/aromatic N) is 1. The molecule has 0 aromatic heterocycles. The molecule has 0 bridgehead atoms. The average Bonchev–Trinajstić information content (AvgIpc) is 2.62. The van der Waals surface area contributed by atoms with Gasteiger partial charge in [-0.1, -0.05) is 31.4 Å². The minimum Gasteiger partial charge on any atom is -0.327 e. The van der Waals surface area contributed by atoms with Gasteiger partial charge >= 0.3 is 0 Å². The molecule has 1 aliphatic carbocycles. The predicted octanol–water partition coefficient (Wildman–Crippen LogP) is 2.36. The summed E-state index contributed by atoms with van der Waals surface area (Å²) in [6.45, 7) is 0. The Bertz CT molecular complexity index is 493. The van der Waals surface area contributed by atoms with Crippen LogP contribution in [-0.2, 0) is 10.8 Å². The number of para-hydroxylation sites is 1. The second kappa shape index (κ2) is 6.25. The summed E-state index contributed by atoms with van der Waals surface area (Å²) in [7, 11) is -1.41. The number of nitrogens with two attached hydrogens (primary N) is 1. The molecule has 0 amide bonds. The van der Waals surface area contributed by atoms with Crippen molar-refractivity contribution in [3.8, 4) is 0 Å². The fourth-order valence-electron chi connectivity index (χ4n) is 2.51. The van der Waals surface area contributed by atoms with Crippen LogP contribution < -0.4 is 5.73 Å². The Morgan fingerprint density at radius 2 is 1.89 bits per heavy atom. The molecule has 3 unspecified atom stereocenters. The third kappa shape index (κ3) is 3.19. The van der Waals surface area contributed by atoms with Gasteiger partial charge in [-0.2, -0.15) is 0 Å². The monoisotopic (exact) mass is 282 g/mol. The summed E-state index contributed by atoms with van der Waals surface area (Å²) in [4.78, 5) is 10.8. The van der Waals surface area contributed by atoms with Crippen LogP contribution in [0.4, 0.5) is 5.69 Å². The summed E-state index contributed by atoms with van der Waals surface area (Å²) >= 11 is 0. The van der Waals surface area contributed by atoms with Crippen LogP contribution in [0.5, 0.6) is 0 Å². The molecule has 6 heteroatoms. The number of nitro groups is 1. The number of rotatable bonds is 3. The summed E-state index contributed by atoms with van der Waals surface area (Å²) in [6.07, 6.45) is 4.76. The van der Waals surface area contributed by atoms with Crippen LogP contribution in [0.1, 0.15) is 32.1 Å². The van der Waals surface area contributed by atoms with Crippen LogP contribution in [-0.4, -0.2) is 20.4 Å². The van der Waals surface area contributed by atoms with E-state index in [-0.39, 0.29) is 17.0 Å². The van der Waals surface area contributed by atoms with Gasteiger partial charge in [-0.15, -0.1) is 0 Å². The van der Waals surface area contributed by atoms with Gasteiger partial charge in [-0.3, -0.25) is 14.3 Å². The predicted molar refractivity (Wildman–Crippen MR) is 74.4 cm³/mol. The lowest BCUT2D eigenvalue weighted by molar-refractivity contribution is -0.387. The van der Waals surface area contributed by atoms with E-state index >= 15 is 0 Å². The zero-order valence-corrected chi connectivity index (χ0v) is 11.5. The highest BCUT2D eigenvalue weighted by atomic mass is 32.2. The Morgan fingerprint density at radius 3 is 2.63 bits per heavy atom. The molecule has 1 saturated carbocycles. The van der Waals surface area contributed by atoms with Crippen molar-refractivity contribution in [2.75, 3.05) is 0 Å². The average molecular weight is 282 g/mol. The fourth-order valence-corrected chi connectivity index (χ4v) is 4.23. The lowest BCUT2D eigenvalue weighted by atomic mass is 10.1. The van der Waals surface area contributed by atoms with Crippen LogP contribution in [0.2, 0.25) is 0 Å². The Balaban J connectivity index is 2.30. The molecule has 1 aliphatic rings. The van der Waals surface area contributed by atoms with Gasteiger partial charge in [0.25, 0.3) is 5.69 Å². The van der Waals surface area contributed by atoms with E-state index in [4.69, 9.17) is 5.73 Å². The molecule has 0 saturated heterocycles. The normalized spacial score (nSPS) is 25.5. The maximum atomic E-state index is 12.6. The molecule has 0 radical (unpaired) electrons. The Hall–Kier alpha value is -1.27. The first-order valence-electron chi connectivity index (χ1n) is 6.51. The molecule has 5 nitrogen and oxygen atoms in total. The van der Waals surface area contributed by atoms with E-state index in [0.717, 1.165) is 32.1 Å². The second-order valence-corrected chi connectivity index (χ2v) is 6.50. The molecule has 104 valence electrons. The molecule has 3 atom stereocenters. The molecule has 0 aliphatic heterocycles. The van der Waals surface area contributed by atoms with E-state index in [1.807, 2.05) is 0 Å². The summed E-state index contributed by atoms with van der Waals surface area (Å²) in [5.41, 5.74) is 6.01. The summed E-state index contributed by atoms with van der Waals surface area (Å²) in [5.74, 6) is 0. The van der Waals surface area contributed by atoms with Gasteiger partial charge < -0.3 is 5.73 Å². The zero-order chi connectivity index (χ0) is 13.8. The van der Waals surface area contributed by atoms with Crippen molar-refractivity contribution in [3.05, 3.63) is 34.4 Å². The smallest absolute Gasteiger partial charge is 0.285 e. The first kappa shape index (κ1) is 14.1.